The minimum atomic E-state index is -0.306. The number of halogens is 2. The van der Waals surface area contributed by atoms with Crippen molar-refractivity contribution in [3.8, 4) is 11.5 Å². The third-order valence-electron chi connectivity index (χ3n) is 4.17. The molecule has 1 atom stereocenters. The molecule has 6 heteroatoms. The second-order valence-corrected chi connectivity index (χ2v) is 7.54. The van der Waals surface area contributed by atoms with Crippen LogP contribution in [0.2, 0.25) is 5.02 Å². The second-order valence-electron chi connectivity index (χ2n) is 6.03. The van der Waals surface area contributed by atoms with Gasteiger partial charge in [0.2, 0.25) is 5.91 Å². The SMILES string of the molecule is O=C1CS[C@H](c2cccc(F)c2)N1c1ccc(Oc2ccc(Cl)cc2)cc1. The number of hydrogen-bond acceptors (Lipinski definition) is 3. The van der Waals surface area contributed by atoms with E-state index in [0.29, 0.717) is 22.3 Å². The molecule has 3 aromatic rings. The lowest BCUT2D eigenvalue weighted by molar-refractivity contribution is -0.115. The molecular weight excluding hydrogens is 385 g/mol. The fourth-order valence-electron chi connectivity index (χ4n) is 2.92. The van der Waals surface area contributed by atoms with Crippen molar-refractivity contribution in [1.29, 1.82) is 0 Å². The molecule has 0 unspecified atom stereocenters. The van der Waals surface area contributed by atoms with E-state index in [1.807, 2.05) is 30.3 Å². The molecule has 1 saturated heterocycles. The fourth-order valence-corrected chi connectivity index (χ4v) is 4.22. The van der Waals surface area contributed by atoms with Crippen LogP contribution in [0.15, 0.2) is 72.8 Å². The summed E-state index contributed by atoms with van der Waals surface area (Å²) in [6, 6.07) is 20.8. The van der Waals surface area contributed by atoms with Crippen molar-refractivity contribution in [1.82, 2.24) is 0 Å². The molecule has 0 saturated carbocycles. The van der Waals surface area contributed by atoms with Gasteiger partial charge in [0.05, 0.1) is 5.75 Å². The zero-order valence-electron chi connectivity index (χ0n) is 14.1. The van der Waals surface area contributed by atoms with Gasteiger partial charge in [-0.25, -0.2) is 4.39 Å². The average molecular weight is 400 g/mol. The number of rotatable bonds is 4. The first kappa shape index (κ1) is 17.9. The Bertz CT molecular complexity index is 963. The minimum Gasteiger partial charge on any atom is -0.457 e. The second kappa shape index (κ2) is 7.62. The van der Waals surface area contributed by atoms with Crippen molar-refractivity contribution in [3.05, 3.63) is 89.2 Å². The monoisotopic (exact) mass is 399 g/mol. The predicted molar refractivity (Wildman–Crippen MR) is 107 cm³/mol. The lowest BCUT2D eigenvalue weighted by Gasteiger charge is -2.24. The number of ether oxygens (including phenoxy) is 1. The van der Waals surface area contributed by atoms with Crippen LogP contribution in [0.1, 0.15) is 10.9 Å². The summed E-state index contributed by atoms with van der Waals surface area (Å²) in [5, 5.41) is 0.405. The molecule has 0 N–H and O–H groups in total. The van der Waals surface area contributed by atoms with E-state index in [1.54, 1.807) is 35.2 Å². The van der Waals surface area contributed by atoms with Crippen LogP contribution in [-0.4, -0.2) is 11.7 Å². The van der Waals surface area contributed by atoms with Gasteiger partial charge < -0.3 is 4.74 Å². The Morgan fingerprint density at radius 1 is 1.00 bits per heavy atom. The first-order valence-electron chi connectivity index (χ1n) is 8.33. The van der Waals surface area contributed by atoms with Crippen LogP contribution < -0.4 is 9.64 Å². The number of hydrogen-bond donors (Lipinski definition) is 0. The van der Waals surface area contributed by atoms with E-state index >= 15 is 0 Å². The number of anilines is 1. The molecule has 3 nitrogen and oxygen atoms in total. The van der Waals surface area contributed by atoms with Gasteiger partial charge in [-0.3, -0.25) is 9.69 Å². The van der Waals surface area contributed by atoms with Crippen LogP contribution in [0.5, 0.6) is 11.5 Å². The van der Waals surface area contributed by atoms with Gasteiger partial charge in [-0.1, -0.05) is 23.7 Å². The summed E-state index contributed by atoms with van der Waals surface area (Å²) in [4.78, 5) is 14.1. The Morgan fingerprint density at radius 3 is 2.33 bits per heavy atom. The van der Waals surface area contributed by atoms with E-state index in [9.17, 15) is 9.18 Å². The smallest absolute Gasteiger partial charge is 0.238 e. The van der Waals surface area contributed by atoms with Gasteiger partial charge in [0.1, 0.15) is 22.7 Å². The highest BCUT2D eigenvalue weighted by atomic mass is 35.5. The highest BCUT2D eigenvalue weighted by Crippen LogP contribution is 2.42. The van der Waals surface area contributed by atoms with Crippen LogP contribution >= 0.6 is 23.4 Å². The Balaban J connectivity index is 1.56. The number of thioether (sulfide) groups is 1. The van der Waals surface area contributed by atoms with E-state index in [4.69, 9.17) is 16.3 Å². The van der Waals surface area contributed by atoms with E-state index in [0.717, 1.165) is 11.3 Å². The summed E-state index contributed by atoms with van der Waals surface area (Å²) in [5.41, 5.74) is 1.52. The van der Waals surface area contributed by atoms with Gasteiger partial charge in [-0.2, -0.15) is 0 Å². The van der Waals surface area contributed by atoms with Crippen molar-refractivity contribution in [2.24, 2.45) is 0 Å². The van der Waals surface area contributed by atoms with Gasteiger partial charge in [-0.15, -0.1) is 11.8 Å². The summed E-state index contributed by atoms with van der Waals surface area (Å²) < 4.78 is 19.4. The van der Waals surface area contributed by atoms with Gasteiger partial charge in [0.15, 0.2) is 0 Å². The molecule has 1 fully saturated rings. The van der Waals surface area contributed by atoms with Crippen LogP contribution in [0, 0.1) is 5.82 Å². The largest absolute Gasteiger partial charge is 0.457 e. The molecule has 4 rings (SSSR count). The van der Waals surface area contributed by atoms with Crippen LogP contribution in [0.25, 0.3) is 0 Å². The van der Waals surface area contributed by atoms with E-state index in [2.05, 4.69) is 0 Å². The maximum absolute atomic E-state index is 13.6. The first-order valence-corrected chi connectivity index (χ1v) is 9.75. The van der Waals surface area contributed by atoms with Crippen molar-refractivity contribution >= 4 is 35.0 Å². The van der Waals surface area contributed by atoms with E-state index < -0.39 is 0 Å². The lowest BCUT2D eigenvalue weighted by atomic mass is 10.2. The Labute approximate surface area is 165 Å². The average Bonchev–Trinajstić information content (AvgIpc) is 3.06. The highest BCUT2D eigenvalue weighted by Gasteiger charge is 2.34. The molecule has 0 bridgehead atoms. The summed E-state index contributed by atoms with van der Waals surface area (Å²) in [6.45, 7) is 0. The van der Waals surface area contributed by atoms with Crippen molar-refractivity contribution in [2.75, 3.05) is 10.7 Å². The molecule has 1 amide bonds. The zero-order chi connectivity index (χ0) is 18.8. The number of carbonyl (C=O) groups excluding carboxylic acids is 1. The van der Waals surface area contributed by atoms with E-state index in [1.165, 1.54) is 23.9 Å². The number of carbonyl (C=O) groups is 1. The van der Waals surface area contributed by atoms with Crippen molar-refractivity contribution in [3.63, 3.8) is 0 Å². The Kier molecular flexibility index (Phi) is 5.05. The molecule has 136 valence electrons. The molecule has 0 aliphatic carbocycles. The Morgan fingerprint density at radius 2 is 1.67 bits per heavy atom. The highest BCUT2D eigenvalue weighted by molar-refractivity contribution is 8.00. The molecule has 0 aromatic heterocycles. The summed E-state index contributed by atoms with van der Waals surface area (Å²) in [5.74, 6) is 1.39. The number of amides is 1. The maximum Gasteiger partial charge on any atom is 0.238 e. The standard InChI is InChI=1S/C21H15ClFNO2S/c22-15-4-8-18(9-5-15)26-19-10-6-17(7-11-19)24-20(25)13-27-21(24)14-2-1-3-16(23)12-14/h1-12,21H,13H2/t21-/m1/s1. The van der Waals surface area contributed by atoms with E-state index in [-0.39, 0.29) is 17.1 Å². The molecule has 27 heavy (non-hydrogen) atoms. The van der Waals surface area contributed by atoms with Crippen LogP contribution in [0.3, 0.4) is 0 Å². The minimum absolute atomic E-state index is 0.000584. The summed E-state index contributed by atoms with van der Waals surface area (Å²) in [7, 11) is 0. The third-order valence-corrected chi connectivity index (χ3v) is 5.63. The van der Waals surface area contributed by atoms with Crippen molar-refractivity contribution in [2.45, 2.75) is 5.37 Å². The molecule has 1 aliphatic rings. The lowest BCUT2D eigenvalue weighted by Crippen LogP contribution is -2.27. The maximum atomic E-state index is 13.6. The van der Waals surface area contributed by atoms with Gasteiger partial charge in [0, 0.05) is 10.7 Å². The number of nitrogens with zero attached hydrogens (tertiary/aromatic N) is 1. The van der Waals surface area contributed by atoms with Gasteiger partial charge in [0.25, 0.3) is 0 Å². The molecular formula is C21H15ClFNO2S. The molecule has 0 spiro atoms. The topological polar surface area (TPSA) is 29.5 Å². The third kappa shape index (κ3) is 3.94. The predicted octanol–water partition coefficient (Wildman–Crippen LogP) is 6.05. The quantitative estimate of drug-likeness (QED) is 0.534. The zero-order valence-corrected chi connectivity index (χ0v) is 15.7. The first-order chi connectivity index (χ1) is 13.1. The molecule has 3 aromatic carbocycles. The van der Waals surface area contributed by atoms with Crippen LogP contribution in [0.4, 0.5) is 10.1 Å². The van der Waals surface area contributed by atoms with Gasteiger partial charge in [-0.05, 0) is 66.2 Å². The van der Waals surface area contributed by atoms with Crippen LogP contribution in [-0.2, 0) is 4.79 Å². The molecule has 1 aliphatic heterocycles. The number of benzene rings is 3. The molecule has 1 heterocycles. The Hall–Kier alpha value is -2.50. The normalized spacial score (nSPS) is 16.6. The van der Waals surface area contributed by atoms with Crippen molar-refractivity contribution < 1.29 is 13.9 Å². The molecule has 0 radical (unpaired) electrons. The summed E-state index contributed by atoms with van der Waals surface area (Å²) >= 11 is 7.37. The fraction of sp³-hybridized carbons (Fsp3) is 0.0952. The summed E-state index contributed by atoms with van der Waals surface area (Å²) in [6.07, 6.45) is 0. The van der Waals surface area contributed by atoms with Gasteiger partial charge >= 0.3 is 0 Å².